The Balaban J connectivity index is 2.22. The van der Waals surface area contributed by atoms with Gasteiger partial charge < -0.3 is 9.47 Å². The van der Waals surface area contributed by atoms with Gasteiger partial charge in [0.2, 0.25) is 0 Å². The normalized spacial score (nSPS) is 10.2. The van der Waals surface area contributed by atoms with Crippen molar-refractivity contribution in [2.24, 2.45) is 0 Å². The van der Waals surface area contributed by atoms with E-state index >= 15 is 0 Å². The molecule has 0 spiro atoms. The monoisotopic (exact) mass is 246 g/mol. The van der Waals surface area contributed by atoms with E-state index in [1.54, 1.807) is 31.4 Å². The van der Waals surface area contributed by atoms with Crippen LogP contribution in [0.4, 0.5) is 4.39 Å². The Labute approximate surface area is 106 Å². The first-order valence-electron chi connectivity index (χ1n) is 5.83. The second-order valence-electron chi connectivity index (χ2n) is 3.90. The van der Waals surface area contributed by atoms with E-state index in [0.717, 1.165) is 12.0 Å². The van der Waals surface area contributed by atoms with Crippen LogP contribution >= 0.6 is 0 Å². The summed E-state index contributed by atoms with van der Waals surface area (Å²) in [4.78, 5) is 0. The highest BCUT2D eigenvalue weighted by Gasteiger charge is 2.06. The molecule has 0 fully saturated rings. The van der Waals surface area contributed by atoms with Crippen molar-refractivity contribution in [3.8, 4) is 17.2 Å². The third-order valence-corrected chi connectivity index (χ3v) is 2.67. The number of methoxy groups -OCH3 is 1. The number of rotatable bonds is 4. The largest absolute Gasteiger partial charge is 0.497 e. The van der Waals surface area contributed by atoms with Crippen molar-refractivity contribution >= 4 is 0 Å². The maximum Gasteiger partial charge on any atom is 0.165 e. The Morgan fingerprint density at radius 3 is 2.50 bits per heavy atom. The van der Waals surface area contributed by atoms with Crippen molar-refractivity contribution in [2.75, 3.05) is 7.11 Å². The van der Waals surface area contributed by atoms with Crippen LogP contribution in [-0.2, 0) is 6.42 Å². The van der Waals surface area contributed by atoms with Gasteiger partial charge in [0, 0.05) is 6.07 Å². The topological polar surface area (TPSA) is 18.5 Å². The van der Waals surface area contributed by atoms with Crippen molar-refractivity contribution in [3.05, 3.63) is 53.8 Å². The minimum absolute atomic E-state index is 0.223. The van der Waals surface area contributed by atoms with Gasteiger partial charge in [0.15, 0.2) is 11.6 Å². The molecule has 18 heavy (non-hydrogen) atoms. The molecule has 0 saturated heterocycles. The SMILES string of the molecule is CCc1ccc(Oc2cccc(OC)c2)c(F)c1. The van der Waals surface area contributed by atoms with Crippen molar-refractivity contribution < 1.29 is 13.9 Å². The van der Waals surface area contributed by atoms with E-state index in [0.29, 0.717) is 11.5 Å². The first-order valence-corrected chi connectivity index (χ1v) is 5.83. The van der Waals surface area contributed by atoms with E-state index in [9.17, 15) is 4.39 Å². The van der Waals surface area contributed by atoms with E-state index in [1.165, 1.54) is 6.07 Å². The summed E-state index contributed by atoms with van der Waals surface area (Å²) < 4.78 is 24.3. The number of halogens is 1. The Morgan fingerprint density at radius 1 is 1.06 bits per heavy atom. The molecule has 2 aromatic carbocycles. The molecule has 2 aromatic rings. The number of hydrogen-bond acceptors (Lipinski definition) is 2. The average molecular weight is 246 g/mol. The molecule has 0 bridgehead atoms. The molecule has 0 aromatic heterocycles. The first kappa shape index (κ1) is 12.4. The van der Waals surface area contributed by atoms with Crippen LogP contribution in [0.3, 0.4) is 0 Å². The maximum atomic E-state index is 13.7. The van der Waals surface area contributed by atoms with Gasteiger partial charge in [-0.2, -0.15) is 0 Å². The molecular weight excluding hydrogens is 231 g/mol. The van der Waals surface area contributed by atoms with Gasteiger partial charge in [-0.25, -0.2) is 4.39 Å². The molecule has 0 N–H and O–H groups in total. The highest BCUT2D eigenvalue weighted by Crippen LogP contribution is 2.27. The smallest absolute Gasteiger partial charge is 0.165 e. The third-order valence-electron chi connectivity index (χ3n) is 2.67. The molecule has 2 rings (SSSR count). The van der Waals surface area contributed by atoms with Gasteiger partial charge in [0.1, 0.15) is 11.5 Å². The van der Waals surface area contributed by atoms with E-state index in [2.05, 4.69) is 0 Å². The van der Waals surface area contributed by atoms with Crippen molar-refractivity contribution in [1.29, 1.82) is 0 Å². The fourth-order valence-electron chi connectivity index (χ4n) is 1.64. The average Bonchev–Trinajstić information content (AvgIpc) is 2.41. The molecule has 0 aliphatic carbocycles. The lowest BCUT2D eigenvalue weighted by Gasteiger charge is -2.09. The Hall–Kier alpha value is -2.03. The van der Waals surface area contributed by atoms with Crippen molar-refractivity contribution in [1.82, 2.24) is 0 Å². The Kier molecular flexibility index (Phi) is 3.82. The van der Waals surface area contributed by atoms with E-state index < -0.39 is 0 Å². The first-order chi connectivity index (χ1) is 8.72. The summed E-state index contributed by atoms with van der Waals surface area (Å²) in [6.45, 7) is 1.98. The lowest BCUT2D eigenvalue weighted by atomic mass is 10.1. The highest BCUT2D eigenvalue weighted by atomic mass is 19.1. The highest BCUT2D eigenvalue weighted by molar-refractivity contribution is 5.38. The van der Waals surface area contributed by atoms with Gasteiger partial charge in [0.05, 0.1) is 7.11 Å². The zero-order valence-corrected chi connectivity index (χ0v) is 10.4. The molecule has 0 aliphatic rings. The molecule has 0 saturated carbocycles. The second-order valence-corrected chi connectivity index (χ2v) is 3.90. The zero-order valence-electron chi connectivity index (χ0n) is 10.4. The standard InChI is InChI=1S/C15H15FO2/c1-3-11-7-8-15(14(16)9-11)18-13-6-4-5-12(10-13)17-2/h4-10H,3H2,1-2H3. The van der Waals surface area contributed by atoms with E-state index in [-0.39, 0.29) is 11.6 Å². The van der Waals surface area contributed by atoms with Crippen LogP contribution in [-0.4, -0.2) is 7.11 Å². The molecule has 0 amide bonds. The summed E-state index contributed by atoms with van der Waals surface area (Å²) in [7, 11) is 1.58. The van der Waals surface area contributed by atoms with Crippen LogP contribution in [0.25, 0.3) is 0 Å². The van der Waals surface area contributed by atoms with Gasteiger partial charge in [-0.05, 0) is 36.2 Å². The summed E-state index contributed by atoms with van der Waals surface area (Å²) in [5, 5.41) is 0. The number of aryl methyl sites for hydroxylation is 1. The number of hydrogen-bond donors (Lipinski definition) is 0. The molecular formula is C15H15FO2. The van der Waals surface area contributed by atoms with Crippen LogP contribution in [0.1, 0.15) is 12.5 Å². The number of benzene rings is 2. The third kappa shape index (κ3) is 2.80. The molecule has 2 nitrogen and oxygen atoms in total. The molecule has 0 aliphatic heterocycles. The molecule has 0 unspecified atom stereocenters. The number of ether oxygens (including phenoxy) is 2. The molecule has 0 radical (unpaired) electrons. The summed E-state index contributed by atoms with van der Waals surface area (Å²) in [6.07, 6.45) is 0.802. The van der Waals surface area contributed by atoms with E-state index in [1.807, 2.05) is 19.1 Å². The van der Waals surface area contributed by atoms with Crippen LogP contribution in [0.2, 0.25) is 0 Å². The summed E-state index contributed by atoms with van der Waals surface area (Å²) in [5.41, 5.74) is 0.950. The van der Waals surface area contributed by atoms with Crippen LogP contribution in [0.5, 0.6) is 17.2 Å². The van der Waals surface area contributed by atoms with Gasteiger partial charge in [0.25, 0.3) is 0 Å². The predicted octanol–water partition coefficient (Wildman–Crippen LogP) is 4.19. The fraction of sp³-hybridized carbons (Fsp3) is 0.200. The summed E-state index contributed by atoms with van der Waals surface area (Å²) in [6, 6.07) is 12.1. The van der Waals surface area contributed by atoms with Crippen molar-refractivity contribution in [2.45, 2.75) is 13.3 Å². The van der Waals surface area contributed by atoms with Crippen molar-refractivity contribution in [3.63, 3.8) is 0 Å². The van der Waals surface area contributed by atoms with Gasteiger partial charge in [-0.1, -0.05) is 19.1 Å². The zero-order chi connectivity index (χ0) is 13.0. The predicted molar refractivity (Wildman–Crippen MR) is 68.8 cm³/mol. The summed E-state index contributed by atoms with van der Waals surface area (Å²) >= 11 is 0. The van der Waals surface area contributed by atoms with E-state index in [4.69, 9.17) is 9.47 Å². The minimum atomic E-state index is -0.350. The van der Waals surface area contributed by atoms with Crippen LogP contribution in [0.15, 0.2) is 42.5 Å². The molecule has 3 heteroatoms. The van der Waals surface area contributed by atoms with Crippen LogP contribution in [0, 0.1) is 5.82 Å². The quantitative estimate of drug-likeness (QED) is 0.805. The second kappa shape index (κ2) is 5.54. The lowest BCUT2D eigenvalue weighted by Crippen LogP contribution is -1.91. The fourth-order valence-corrected chi connectivity index (χ4v) is 1.64. The Morgan fingerprint density at radius 2 is 1.83 bits per heavy atom. The van der Waals surface area contributed by atoms with Crippen LogP contribution < -0.4 is 9.47 Å². The lowest BCUT2D eigenvalue weighted by molar-refractivity contribution is 0.405. The molecule has 94 valence electrons. The minimum Gasteiger partial charge on any atom is -0.497 e. The van der Waals surface area contributed by atoms with Gasteiger partial charge in [-0.15, -0.1) is 0 Å². The maximum absolute atomic E-state index is 13.7. The molecule has 0 heterocycles. The van der Waals surface area contributed by atoms with Gasteiger partial charge in [-0.3, -0.25) is 0 Å². The summed E-state index contributed by atoms with van der Waals surface area (Å²) in [5.74, 6) is 1.10. The Bertz CT molecular complexity index is 538. The van der Waals surface area contributed by atoms with Gasteiger partial charge >= 0.3 is 0 Å². The molecule has 0 atom stereocenters.